The van der Waals surface area contributed by atoms with Gasteiger partial charge < -0.3 is 20.1 Å². The van der Waals surface area contributed by atoms with E-state index in [9.17, 15) is 14.0 Å². The molecular weight excluding hydrogens is 351 g/mol. The van der Waals surface area contributed by atoms with E-state index in [4.69, 9.17) is 9.47 Å². The Kier molecular flexibility index (Phi) is 4.66. The molecule has 2 aromatic rings. The summed E-state index contributed by atoms with van der Waals surface area (Å²) in [6.45, 7) is 0.864. The number of nitrogens with one attached hydrogen (secondary N) is 2. The van der Waals surface area contributed by atoms with Crippen LogP contribution in [0.5, 0.6) is 5.75 Å². The van der Waals surface area contributed by atoms with E-state index in [1.165, 1.54) is 6.07 Å². The highest BCUT2D eigenvalue weighted by atomic mass is 19.1. The Hall–Kier alpha value is -3.09. The number of halogens is 1. The first-order valence-electron chi connectivity index (χ1n) is 8.82. The molecule has 0 aromatic heterocycles. The standard InChI is InChI=1S/C20H19FN2O4/c21-16-9-17-13(6-7-26-17)8-14(16)15-10-22-19(24)18(15)23-20(25)27-11-12-4-2-1-3-5-12/h1-5,8-9,15,18H,6-7,10-11H2,(H,22,24)(H,23,25)/t15-,18-/m0/s1. The number of carbonyl (C=O) groups excluding carboxylic acids is 2. The molecule has 4 rings (SSSR count). The number of hydrogen-bond donors (Lipinski definition) is 2. The van der Waals surface area contributed by atoms with E-state index in [0.29, 0.717) is 24.3 Å². The molecular formula is C20H19FN2O4. The molecule has 2 atom stereocenters. The molecule has 0 radical (unpaired) electrons. The van der Waals surface area contributed by atoms with Gasteiger partial charge in [0.2, 0.25) is 5.91 Å². The Bertz CT molecular complexity index is 872. The van der Waals surface area contributed by atoms with E-state index < -0.39 is 23.9 Å². The lowest BCUT2D eigenvalue weighted by atomic mass is 9.91. The monoisotopic (exact) mass is 370 g/mol. The number of benzene rings is 2. The first-order chi connectivity index (χ1) is 13.1. The van der Waals surface area contributed by atoms with E-state index in [0.717, 1.165) is 11.1 Å². The van der Waals surface area contributed by atoms with Crippen molar-refractivity contribution in [3.8, 4) is 5.75 Å². The molecule has 0 unspecified atom stereocenters. The number of rotatable bonds is 4. The molecule has 1 saturated heterocycles. The van der Waals surface area contributed by atoms with E-state index in [2.05, 4.69) is 10.6 Å². The zero-order valence-corrected chi connectivity index (χ0v) is 14.5. The summed E-state index contributed by atoms with van der Waals surface area (Å²) in [5, 5.41) is 5.26. The third kappa shape index (κ3) is 3.58. The lowest BCUT2D eigenvalue weighted by Crippen LogP contribution is -2.43. The predicted octanol–water partition coefficient (Wildman–Crippen LogP) is 2.27. The Balaban J connectivity index is 1.46. The number of hydrogen-bond acceptors (Lipinski definition) is 4. The largest absolute Gasteiger partial charge is 0.493 e. The van der Waals surface area contributed by atoms with Gasteiger partial charge in [-0.25, -0.2) is 9.18 Å². The summed E-state index contributed by atoms with van der Waals surface area (Å²) in [5.41, 5.74) is 2.15. The Morgan fingerprint density at radius 2 is 2.11 bits per heavy atom. The van der Waals surface area contributed by atoms with Gasteiger partial charge in [-0.1, -0.05) is 30.3 Å². The van der Waals surface area contributed by atoms with Crippen LogP contribution in [-0.2, 0) is 22.6 Å². The molecule has 0 aliphatic carbocycles. The second-order valence-corrected chi connectivity index (χ2v) is 6.62. The molecule has 0 bridgehead atoms. The summed E-state index contributed by atoms with van der Waals surface area (Å²) in [7, 11) is 0. The maximum Gasteiger partial charge on any atom is 0.408 e. The maximum absolute atomic E-state index is 14.5. The van der Waals surface area contributed by atoms with Crippen LogP contribution in [0.25, 0.3) is 0 Å². The minimum atomic E-state index is -0.886. The fourth-order valence-electron chi connectivity index (χ4n) is 3.47. The third-order valence-electron chi connectivity index (χ3n) is 4.88. The topological polar surface area (TPSA) is 76.7 Å². The van der Waals surface area contributed by atoms with Crippen molar-refractivity contribution in [3.05, 3.63) is 65.0 Å². The summed E-state index contributed by atoms with van der Waals surface area (Å²) in [6.07, 6.45) is -0.00992. The van der Waals surface area contributed by atoms with Crippen LogP contribution in [0.15, 0.2) is 42.5 Å². The molecule has 27 heavy (non-hydrogen) atoms. The van der Waals surface area contributed by atoms with Gasteiger partial charge in [0.25, 0.3) is 0 Å². The van der Waals surface area contributed by atoms with Crippen molar-refractivity contribution in [2.24, 2.45) is 0 Å². The van der Waals surface area contributed by atoms with Crippen molar-refractivity contribution in [2.45, 2.75) is 25.0 Å². The minimum absolute atomic E-state index is 0.0935. The number of carbonyl (C=O) groups is 2. The fraction of sp³-hybridized carbons (Fsp3) is 0.300. The van der Waals surface area contributed by atoms with Crippen LogP contribution in [0.2, 0.25) is 0 Å². The van der Waals surface area contributed by atoms with Crippen molar-refractivity contribution >= 4 is 12.0 Å². The smallest absolute Gasteiger partial charge is 0.408 e. The molecule has 7 heteroatoms. The van der Waals surface area contributed by atoms with Gasteiger partial charge >= 0.3 is 6.09 Å². The van der Waals surface area contributed by atoms with E-state index in [-0.39, 0.29) is 19.1 Å². The molecule has 2 N–H and O–H groups in total. The highest BCUT2D eigenvalue weighted by Gasteiger charge is 2.39. The van der Waals surface area contributed by atoms with Crippen LogP contribution in [0.4, 0.5) is 9.18 Å². The molecule has 2 aromatic carbocycles. The van der Waals surface area contributed by atoms with Gasteiger partial charge in [-0.3, -0.25) is 4.79 Å². The molecule has 2 aliphatic rings. The molecule has 2 aliphatic heterocycles. The van der Waals surface area contributed by atoms with E-state index in [1.54, 1.807) is 6.07 Å². The van der Waals surface area contributed by atoms with Gasteiger partial charge in [0.05, 0.1) is 6.61 Å². The molecule has 2 amide bonds. The lowest BCUT2D eigenvalue weighted by molar-refractivity contribution is -0.120. The summed E-state index contributed by atoms with van der Waals surface area (Å²) in [6, 6.07) is 11.4. The highest BCUT2D eigenvalue weighted by molar-refractivity contribution is 5.89. The van der Waals surface area contributed by atoms with Crippen LogP contribution in [0, 0.1) is 5.82 Å². The van der Waals surface area contributed by atoms with Crippen molar-refractivity contribution in [1.82, 2.24) is 10.6 Å². The van der Waals surface area contributed by atoms with E-state index >= 15 is 0 Å². The Morgan fingerprint density at radius 3 is 2.93 bits per heavy atom. The molecule has 1 fully saturated rings. The van der Waals surface area contributed by atoms with Gasteiger partial charge in [-0.05, 0) is 22.8 Å². The second-order valence-electron chi connectivity index (χ2n) is 6.62. The average molecular weight is 370 g/mol. The number of ether oxygens (including phenoxy) is 2. The predicted molar refractivity (Wildman–Crippen MR) is 94.9 cm³/mol. The van der Waals surface area contributed by atoms with Gasteiger partial charge in [0.15, 0.2) is 0 Å². The average Bonchev–Trinajstić information content (AvgIpc) is 3.27. The van der Waals surface area contributed by atoms with Crippen molar-refractivity contribution in [3.63, 3.8) is 0 Å². The molecule has 140 valence electrons. The molecule has 6 nitrogen and oxygen atoms in total. The normalized spacial score (nSPS) is 20.6. The molecule has 2 heterocycles. The van der Waals surface area contributed by atoms with Crippen LogP contribution in [0.1, 0.15) is 22.6 Å². The molecule has 0 spiro atoms. The lowest BCUT2D eigenvalue weighted by Gasteiger charge is -2.19. The fourth-order valence-corrected chi connectivity index (χ4v) is 3.47. The van der Waals surface area contributed by atoms with Gasteiger partial charge in [-0.2, -0.15) is 0 Å². The van der Waals surface area contributed by atoms with Gasteiger partial charge in [0, 0.05) is 24.9 Å². The number of fused-ring (bicyclic) bond motifs is 1. The van der Waals surface area contributed by atoms with E-state index in [1.807, 2.05) is 30.3 Å². The first kappa shape index (κ1) is 17.3. The highest BCUT2D eigenvalue weighted by Crippen LogP contribution is 2.33. The van der Waals surface area contributed by atoms with Crippen molar-refractivity contribution in [1.29, 1.82) is 0 Å². The third-order valence-corrected chi connectivity index (χ3v) is 4.88. The van der Waals surface area contributed by atoms with Gasteiger partial charge in [0.1, 0.15) is 24.2 Å². The van der Waals surface area contributed by atoms with Crippen LogP contribution in [0.3, 0.4) is 0 Å². The maximum atomic E-state index is 14.5. The summed E-state index contributed by atoms with van der Waals surface area (Å²) >= 11 is 0. The first-order valence-corrected chi connectivity index (χ1v) is 8.82. The zero-order valence-electron chi connectivity index (χ0n) is 14.5. The van der Waals surface area contributed by atoms with Crippen molar-refractivity contribution in [2.75, 3.05) is 13.2 Å². The SMILES string of the molecule is O=C(N[C@@H]1C(=O)NC[C@H]1c1cc2c(cc1F)OCC2)OCc1ccccc1. The quantitative estimate of drug-likeness (QED) is 0.866. The summed E-state index contributed by atoms with van der Waals surface area (Å²) in [4.78, 5) is 24.3. The molecule has 0 saturated carbocycles. The Labute approximate surface area is 155 Å². The Morgan fingerprint density at radius 1 is 1.30 bits per heavy atom. The van der Waals surface area contributed by atoms with Gasteiger partial charge in [-0.15, -0.1) is 0 Å². The van der Waals surface area contributed by atoms with Crippen LogP contribution < -0.4 is 15.4 Å². The summed E-state index contributed by atoms with van der Waals surface area (Å²) in [5.74, 6) is -0.762. The summed E-state index contributed by atoms with van der Waals surface area (Å²) < 4.78 is 25.1. The van der Waals surface area contributed by atoms with Crippen molar-refractivity contribution < 1.29 is 23.5 Å². The minimum Gasteiger partial charge on any atom is -0.493 e. The number of alkyl carbamates (subject to hydrolysis) is 1. The zero-order chi connectivity index (χ0) is 18.8. The van der Waals surface area contributed by atoms with Crippen LogP contribution in [-0.4, -0.2) is 31.2 Å². The second kappa shape index (κ2) is 7.26. The van der Waals surface area contributed by atoms with Crippen LogP contribution >= 0.6 is 0 Å². The number of amides is 2.